The number of benzene rings is 10. The van der Waals surface area contributed by atoms with Crippen molar-refractivity contribution >= 4 is 65.6 Å². The van der Waals surface area contributed by atoms with Crippen LogP contribution in [-0.2, 0) is 20.1 Å². The van der Waals surface area contributed by atoms with Crippen molar-refractivity contribution in [3.05, 3.63) is 228 Å². The van der Waals surface area contributed by atoms with Gasteiger partial charge in [0.15, 0.2) is 0 Å². The molecule has 0 unspecified atom stereocenters. The van der Waals surface area contributed by atoms with Gasteiger partial charge in [-0.15, -0.1) is 54.1 Å². The van der Waals surface area contributed by atoms with Crippen LogP contribution in [0.5, 0.6) is 0 Å². The molecule has 0 saturated heterocycles. The van der Waals surface area contributed by atoms with Crippen LogP contribution in [0.1, 0.15) is 111 Å². The normalized spacial score (nSPS) is 12.5. The van der Waals surface area contributed by atoms with E-state index in [9.17, 15) is 0 Å². The maximum Gasteiger partial charge on any atom is 0.121 e. The summed E-state index contributed by atoms with van der Waals surface area (Å²) in [4.78, 5) is 10.3. The maximum absolute atomic E-state index is 8.28. The number of para-hydroxylation sites is 5. The zero-order valence-electron chi connectivity index (χ0n) is 47.7. The van der Waals surface area contributed by atoms with E-state index >= 15 is 0 Å². The Morgan fingerprint density at radius 3 is 1.65 bits per heavy atom. The summed E-state index contributed by atoms with van der Waals surface area (Å²) in [6.07, 6.45) is 0. The summed E-state index contributed by atoms with van der Waals surface area (Å²) in [6.45, 7) is 15.8. The fourth-order valence-corrected chi connectivity index (χ4v) is 11.3. The molecule has 13 rings (SSSR count). The van der Waals surface area contributed by atoms with Crippen molar-refractivity contribution in [1.82, 2.24) is 19.1 Å². The summed E-state index contributed by atoms with van der Waals surface area (Å²) in [5.74, 6) is 3.03. The number of rotatable bonds is 9. The number of furan rings is 1. The van der Waals surface area contributed by atoms with Crippen molar-refractivity contribution in [3.8, 4) is 45.3 Å². The Balaban J connectivity index is 0.000000203. The van der Waals surface area contributed by atoms with Crippen LogP contribution in [0.4, 0.5) is 0 Å². The Morgan fingerprint density at radius 2 is 1.03 bits per heavy atom. The topological polar surface area (TPSA) is 48.8 Å². The third-order valence-corrected chi connectivity index (χ3v) is 15.0. The second-order valence-corrected chi connectivity index (χ2v) is 21.3. The maximum atomic E-state index is 8.28. The Bertz CT molecular complexity index is 4380. The minimum atomic E-state index is -2.25. The average Bonchev–Trinajstić information content (AvgIpc) is 4.29. The van der Waals surface area contributed by atoms with Crippen LogP contribution in [0, 0.1) is 19.0 Å². The Hall–Kier alpha value is -7.89. The molecular weight excluding hydrogens is 1120 g/mol. The largest absolute Gasteiger partial charge is 0.501 e. The van der Waals surface area contributed by atoms with Gasteiger partial charge in [0, 0.05) is 41.0 Å². The zero-order chi connectivity index (χ0) is 54.9. The number of hydrogen-bond donors (Lipinski definition) is 0. The molecule has 383 valence electrons. The fourth-order valence-electron chi connectivity index (χ4n) is 11.3. The van der Waals surface area contributed by atoms with Crippen LogP contribution in [0.15, 0.2) is 192 Å². The van der Waals surface area contributed by atoms with E-state index in [2.05, 4.69) is 198 Å². The number of nitrogens with zero attached hydrogens (tertiary/aromatic N) is 4. The number of aromatic nitrogens is 4. The van der Waals surface area contributed by atoms with E-state index in [0.717, 1.165) is 82.8 Å². The zero-order valence-corrected chi connectivity index (χ0v) is 47.1. The van der Waals surface area contributed by atoms with Gasteiger partial charge >= 0.3 is 0 Å². The van der Waals surface area contributed by atoms with Crippen LogP contribution in [0.3, 0.4) is 0 Å². The van der Waals surface area contributed by atoms with Crippen LogP contribution in [-0.4, -0.2) is 19.1 Å². The minimum absolute atomic E-state index is 0. The standard InChI is InChI=1S/C46H37N2O.C25H25N2.Ir/c1-27(2)37-23-31(30-14-7-6-8-15-30)24-38(28(3)4)44(37)48-42-21-12-11-20-41(42)47-46(48)36-19-13-18-35-40-26-39-32(25-43(40)49-45(35)36)22-29(5)33-16-9-10-17-34(33)39;1-17(2)20-13-10-14-21(18(3)4)24(20)27-23-16-9-8-15-22(23)26-25(27)19-11-6-5-7-12-19;/h6-18,20-28H,1-5H3;5-11,13-18H,1-4H3;/q2*-1;/i5D3;;. The molecule has 13 aromatic rings. The molecule has 0 aliphatic heterocycles. The van der Waals surface area contributed by atoms with E-state index < -0.39 is 6.85 Å². The Morgan fingerprint density at radius 1 is 0.455 bits per heavy atom. The first-order valence-corrected chi connectivity index (χ1v) is 26.7. The second kappa shape index (κ2) is 20.9. The van der Waals surface area contributed by atoms with Crippen LogP contribution in [0.25, 0.3) is 111 Å². The predicted molar refractivity (Wildman–Crippen MR) is 320 cm³/mol. The molecule has 6 heteroatoms. The van der Waals surface area contributed by atoms with Crippen molar-refractivity contribution in [2.45, 2.75) is 85.9 Å². The molecule has 0 amide bonds. The van der Waals surface area contributed by atoms with Gasteiger partial charge in [0.1, 0.15) is 5.58 Å². The molecule has 0 N–H and O–H groups in total. The van der Waals surface area contributed by atoms with E-state index in [-0.39, 0.29) is 31.9 Å². The van der Waals surface area contributed by atoms with Crippen molar-refractivity contribution in [3.63, 3.8) is 0 Å². The smallest absolute Gasteiger partial charge is 0.121 e. The molecule has 0 bridgehead atoms. The predicted octanol–water partition coefficient (Wildman–Crippen LogP) is 19.7. The van der Waals surface area contributed by atoms with E-state index in [4.69, 9.17) is 18.5 Å². The van der Waals surface area contributed by atoms with Crippen molar-refractivity contribution in [2.75, 3.05) is 0 Å². The van der Waals surface area contributed by atoms with Gasteiger partial charge in [-0.3, -0.25) is 9.97 Å². The molecule has 3 heterocycles. The summed E-state index contributed by atoms with van der Waals surface area (Å²) < 4.78 is 36.3. The third-order valence-electron chi connectivity index (χ3n) is 15.0. The SMILES string of the molecule is CC(C)c1cccc(C(C)C)c1-n1c(-c2[c-]cccc2)nc2ccccc21.[2H]C([2H])([2H])c1cc2cc3oc4c(-c5nc6ccccc6n5-c5c(C(C)C)cc(-c6ccccc6)cc5C(C)C)[c-]ccc4c3cc2c2ccccc12.[Ir]. The molecule has 10 aromatic carbocycles. The number of hydrogen-bond acceptors (Lipinski definition) is 3. The summed E-state index contributed by atoms with van der Waals surface area (Å²) in [5.41, 5.74) is 17.6. The summed E-state index contributed by atoms with van der Waals surface area (Å²) in [6, 6.07) is 71.4. The Kier molecular flexibility index (Phi) is 12.9. The molecule has 0 aliphatic rings. The first-order chi connectivity index (χ1) is 38.2. The fraction of sp³-hybridized carbons (Fsp3) is 0.183. The monoisotopic (exact) mass is 1180 g/mol. The van der Waals surface area contributed by atoms with E-state index in [1.807, 2.05) is 60.7 Å². The number of fused-ring (bicyclic) bond motifs is 8. The van der Waals surface area contributed by atoms with Crippen molar-refractivity contribution < 1.29 is 28.6 Å². The number of imidazole rings is 2. The molecule has 77 heavy (non-hydrogen) atoms. The molecule has 5 nitrogen and oxygen atoms in total. The number of aryl methyl sites for hydroxylation is 1. The van der Waals surface area contributed by atoms with Gasteiger partial charge in [-0.2, -0.15) is 0 Å². The van der Waals surface area contributed by atoms with Gasteiger partial charge in [-0.05, 0) is 140 Å². The molecule has 0 aliphatic carbocycles. The van der Waals surface area contributed by atoms with Gasteiger partial charge < -0.3 is 13.6 Å². The van der Waals surface area contributed by atoms with Crippen LogP contribution >= 0.6 is 0 Å². The first kappa shape index (κ1) is 47.6. The second-order valence-electron chi connectivity index (χ2n) is 21.3. The van der Waals surface area contributed by atoms with Gasteiger partial charge in [0.2, 0.25) is 0 Å². The third kappa shape index (κ3) is 9.08. The Labute approximate surface area is 469 Å². The quantitative estimate of drug-likeness (QED) is 0.107. The molecule has 0 saturated carbocycles. The molecular formula is C71H62IrN4O-2. The minimum Gasteiger partial charge on any atom is -0.501 e. The molecule has 3 aromatic heterocycles. The van der Waals surface area contributed by atoms with Crippen LogP contribution in [0.2, 0.25) is 0 Å². The van der Waals surface area contributed by atoms with Crippen molar-refractivity contribution in [1.29, 1.82) is 0 Å². The first-order valence-electron chi connectivity index (χ1n) is 28.2. The van der Waals surface area contributed by atoms with E-state index in [1.165, 1.54) is 39.1 Å². The van der Waals surface area contributed by atoms with E-state index in [0.29, 0.717) is 28.6 Å². The van der Waals surface area contributed by atoms with E-state index in [1.54, 1.807) is 6.07 Å². The molecule has 0 atom stereocenters. The van der Waals surface area contributed by atoms with Gasteiger partial charge in [-0.1, -0.05) is 169 Å². The summed E-state index contributed by atoms with van der Waals surface area (Å²) in [7, 11) is 0. The molecule has 1 radical (unpaired) electrons. The van der Waals surface area contributed by atoms with Crippen molar-refractivity contribution in [2.24, 2.45) is 0 Å². The van der Waals surface area contributed by atoms with Crippen LogP contribution < -0.4 is 0 Å². The summed E-state index contributed by atoms with van der Waals surface area (Å²) in [5, 5.41) is 5.39. The van der Waals surface area contributed by atoms with Gasteiger partial charge in [0.05, 0.1) is 39.3 Å². The summed E-state index contributed by atoms with van der Waals surface area (Å²) >= 11 is 0. The molecule has 0 fully saturated rings. The van der Waals surface area contributed by atoms with Gasteiger partial charge in [-0.25, -0.2) is 0 Å². The molecule has 0 spiro atoms. The average molecular weight is 1180 g/mol. The van der Waals surface area contributed by atoms with Gasteiger partial charge in [0.25, 0.3) is 0 Å².